The lowest BCUT2D eigenvalue weighted by Gasteiger charge is -1.95. The summed E-state index contributed by atoms with van der Waals surface area (Å²) in [6.45, 7) is 3.29. The first-order chi connectivity index (χ1) is 5.09. The molecule has 0 atom stereocenters. The maximum atomic E-state index is 11.7. The van der Waals surface area contributed by atoms with Gasteiger partial charge in [0.25, 0.3) is 6.08 Å². The molecule has 4 heteroatoms. The summed E-state index contributed by atoms with van der Waals surface area (Å²) in [4.78, 5) is 10.1. The molecule has 0 heterocycles. The van der Waals surface area contributed by atoms with Crippen molar-refractivity contribution >= 4 is 5.97 Å². The van der Waals surface area contributed by atoms with Crippen LogP contribution in [-0.4, -0.2) is 11.1 Å². The van der Waals surface area contributed by atoms with E-state index in [1.165, 1.54) is 6.08 Å². The van der Waals surface area contributed by atoms with Gasteiger partial charge in [0.15, 0.2) is 0 Å². The van der Waals surface area contributed by atoms with Crippen LogP contribution in [0.4, 0.5) is 8.78 Å². The van der Waals surface area contributed by atoms with Gasteiger partial charge < -0.3 is 5.11 Å². The Labute approximate surface area is 62.8 Å². The Kier molecular flexibility index (Phi) is 4.10. The van der Waals surface area contributed by atoms with Crippen LogP contribution in [0.15, 0.2) is 24.3 Å². The summed E-state index contributed by atoms with van der Waals surface area (Å²) >= 11 is 0. The molecular weight excluding hydrogens is 154 g/mol. The molecule has 0 aliphatic heterocycles. The maximum Gasteiger partial charge on any atom is 0.337 e. The van der Waals surface area contributed by atoms with E-state index in [0.717, 1.165) is 0 Å². The van der Waals surface area contributed by atoms with E-state index in [1.54, 1.807) is 0 Å². The molecule has 0 spiro atoms. The average Bonchev–Trinajstić information content (AvgIpc) is 1.87. The molecule has 0 aromatic heterocycles. The van der Waals surface area contributed by atoms with Crippen molar-refractivity contribution in [3.05, 3.63) is 24.3 Å². The van der Waals surface area contributed by atoms with Crippen LogP contribution in [0.25, 0.3) is 0 Å². The molecule has 0 bridgehead atoms. The van der Waals surface area contributed by atoms with Gasteiger partial charge in [-0.2, -0.15) is 8.78 Å². The summed E-state index contributed by atoms with van der Waals surface area (Å²) in [5.74, 6) is -1.56. The minimum Gasteiger partial charge on any atom is -0.478 e. The quantitative estimate of drug-likeness (QED) is 0.508. The molecule has 2 nitrogen and oxygen atoms in total. The van der Waals surface area contributed by atoms with Gasteiger partial charge >= 0.3 is 5.97 Å². The molecule has 0 unspecified atom stereocenters. The predicted octanol–water partition coefficient (Wildman–Crippen LogP) is 2.19. The first-order valence-corrected chi connectivity index (χ1v) is 2.98. The molecule has 11 heavy (non-hydrogen) atoms. The second-order valence-electron chi connectivity index (χ2n) is 1.87. The van der Waals surface area contributed by atoms with Crippen molar-refractivity contribution in [1.29, 1.82) is 0 Å². The Morgan fingerprint density at radius 2 is 2.09 bits per heavy atom. The fourth-order valence-corrected chi connectivity index (χ4v) is 0.529. The van der Waals surface area contributed by atoms with Crippen molar-refractivity contribution in [2.24, 2.45) is 0 Å². The van der Waals surface area contributed by atoms with Crippen molar-refractivity contribution in [3.63, 3.8) is 0 Å². The van der Waals surface area contributed by atoms with Crippen LogP contribution < -0.4 is 0 Å². The highest BCUT2D eigenvalue weighted by molar-refractivity contribution is 5.86. The standard InChI is InChI=1S/C7H8F2O2/c1-2-3-4-5(6(8)9)7(10)11/h2H,1,3-4H2,(H,10,11). The van der Waals surface area contributed by atoms with Crippen molar-refractivity contribution in [2.45, 2.75) is 12.8 Å². The van der Waals surface area contributed by atoms with Crippen LogP contribution in [0.2, 0.25) is 0 Å². The predicted molar refractivity (Wildman–Crippen MR) is 36.3 cm³/mol. The molecule has 0 saturated carbocycles. The Morgan fingerprint density at radius 3 is 2.36 bits per heavy atom. The monoisotopic (exact) mass is 162 g/mol. The molecule has 0 fully saturated rings. The smallest absolute Gasteiger partial charge is 0.337 e. The number of rotatable bonds is 4. The Morgan fingerprint density at radius 1 is 1.55 bits per heavy atom. The lowest BCUT2D eigenvalue weighted by molar-refractivity contribution is -0.133. The summed E-state index contributed by atoms with van der Waals surface area (Å²) < 4.78 is 23.5. The lowest BCUT2D eigenvalue weighted by Crippen LogP contribution is -2.01. The highest BCUT2D eigenvalue weighted by atomic mass is 19.3. The average molecular weight is 162 g/mol. The maximum absolute atomic E-state index is 11.7. The molecule has 0 aliphatic carbocycles. The van der Waals surface area contributed by atoms with Crippen LogP contribution in [0.1, 0.15) is 12.8 Å². The van der Waals surface area contributed by atoms with Gasteiger partial charge in [-0.25, -0.2) is 4.79 Å². The lowest BCUT2D eigenvalue weighted by atomic mass is 10.1. The van der Waals surface area contributed by atoms with E-state index in [0.29, 0.717) is 0 Å². The molecule has 0 aliphatic rings. The second kappa shape index (κ2) is 4.60. The van der Waals surface area contributed by atoms with E-state index in [1.807, 2.05) is 0 Å². The summed E-state index contributed by atoms with van der Waals surface area (Å²) in [5, 5.41) is 8.20. The fraction of sp³-hybridized carbons (Fsp3) is 0.286. The molecule has 0 amide bonds. The molecule has 0 saturated heterocycles. The number of carbonyl (C=O) groups is 1. The van der Waals surface area contributed by atoms with Gasteiger partial charge in [-0.05, 0) is 12.8 Å². The third-order valence-corrected chi connectivity index (χ3v) is 1.08. The minimum atomic E-state index is -2.13. The molecule has 1 N–H and O–H groups in total. The number of carboxylic acids is 1. The number of halogens is 2. The molecular formula is C7H8F2O2. The molecule has 0 rings (SSSR count). The minimum absolute atomic E-state index is 0.166. The van der Waals surface area contributed by atoms with Gasteiger partial charge in [0.2, 0.25) is 0 Å². The summed E-state index contributed by atoms with van der Waals surface area (Å²) in [5.41, 5.74) is -0.829. The Balaban J connectivity index is 4.25. The van der Waals surface area contributed by atoms with E-state index in [4.69, 9.17) is 5.11 Å². The third kappa shape index (κ3) is 3.50. The Hall–Kier alpha value is -1.19. The van der Waals surface area contributed by atoms with Crippen molar-refractivity contribution in [2.75, 3.05) is 0 Å². The molecule has 62 valence electrons. The number of allylic oxidation sites excluding steroid dienone is 1. The molecule has 0 aromatic rings. The zero-order valence-electron chi connectivity index (χ0n) is 5.81. The molecule has 0 aromatic carbocycles. The van der Waals surface area contributed by atoms with Crippen molar-refractivity contribution < 1.29 is 18.7 Å². The molecule has 0 radical (unpaired) electrons. The van der Waals surface area contributed by atoms with Gasteiger partial charge in [-0.15, -0.1) is 6.58 Å². The summed E-state index contributed by atoms with van der Waals surface area (Å²) in [6, 6.07) is 0. The van der Waals surface area contributed by atoms with Crippen molar-refractivity contribution in [1.82, 2.24) is 0 Å². The summed E-state index contributed by atoms with van der Waals surface area (Å²) in [7, 11) is 0. The van der Waals surface area contributed by atoms with Crippen LogP contribution in [0, 0.1) is 0 Å². The highest BCUT2D eigenvalue weighted by Gasteiger charge is 2.12. The van der Waals surface area contributed by atoms with Crippen LogP contribution in [0.5, 0.6) is 0 Å². The van der Waals surface area contributed by atoms with E-state index >= 15 is 0 Å². The van der Waals surface area contributed by atoms with E-state index in [2.05, 4.69) is 6.58 Å². The van der Waals surface area contributed by atoms with Gasteiger partial charge in [0.1, 0.15) is 5.57 Å². The third-order valence-electron chi connectivity index (χ3n) is 1.08. The van der Waals surface area contributed by atoms with Gasteiger partial charge in [-0.1, -0.05) is 6.08 Å². The van der Waals surface area contributed by atoms with E-state index in [9.17, 15) is 13.6 Å². The zero-order valence-corrected chi connectivity index (χ0v) is 5.81. The topological polar surface area (TPSA) is 37.3 Å². The van der Waals surface area contributed by atoms with Gasteiger partial charge in [-0.3, -0.25) is 0 Å². The number of aliphatic carboxylic acids is 1. The van der Waals surface area contributed by atoms with E-state index < -0.39 is 17.6 Å². The largest absolute Gasteiger partial charge is 0.478 e. The van der Waals surface area contributed by atoms with Crippen LogP contribution in [0.3, 0.4) is 0 Å². The highest BCUT2D eigenvalue weighted by Crippen LogP contribution is 2.13. The van der Waals surface area contributed by atoms with E-state index in [-0.39, 0.29) is 12.8 Å². The SMILES string of the molecule is C=CCCC(C(=O)O)=C(F)F. The number of carboxylic acid groups (broad SMARTS) is 1. The normalized spacial score (nSPS) is 8.91. The number of hydrogen-bond acceptors (Lipinski definition) is 1. The summed E-state index contributed by atoms with van der Waals surface area (Å²) in [6.07, 6.45) is -0.647. The van der Waals surface area contributed by atoms with Crippen LogP contribution in [-0.2, 0) is 4.79 Å². The first-order valence-electron chi connectivity index (χ1n) is 2.98. The van der Waals surface area contributed by atoms with Crippen LogP contribution >= 0.6 is 0 Å². The number of hydrogen-bond donors (Lipinski definition) is 1. The first kappa shape index (κ1) is 9.81. The van der Waals surface area contributed by atoms with Gasteiger partial charge in [0.05, 0.1) is 0 Å². The zero-order chi connectivity index (χ0) is 8.85. The Bertz CT molecular complexity index is 193. The fourth-order valence-electron chi connectivity index (χ4n) is 0.529. The second-order valence-corrected chi connectivity index (χ2v) is 1.87. The van der Waals surface area contributed by atoms with Gasteiger partial charge in [0, 0.05) is 0 Å². The van der Waals surface area contributed by atoms with Crippen molar-refractivity contribution in [3.8, 4) is 0 Å².